The summed E-state index contributed by atoms with van der Waals surface area (Å²) in [5.74, 6) is 0.286. The SMILES string of the molecule is CCC(C)(CC)C(=O)/C=C(\O)C(C)(CC)CC.[2H]c1nc2c3c(cc4c(CC(C)(C)C)cccc4c3c1[2H])Cc1c-2[c-]c2cc(C)ccc2c1CC(C)(C)C.[2H]c1nc2c3c(cc4c(CC(C)(C)C)cccc4c3c1[2H])Cc1c-2[c-]c2ccccc2c1CC(C)(C)C.[Ir]. The van der Waals surface area contributed by atoms with Crippen LogP contribution in [0.2, 0.25) is 0 Å². The maximum absolute atomic E-state index is 12.2. The minimum Gasteiger partial charge on any atom is -0.512 e. The molecule has 2 aliphatic carbocycles. The molecule has 5 heteroatoms. The molecule has 4 nitrogen and oxygen atoms in total. The second kappa shape index (κ2) is 25.3. The molecule has 2 heterocycles. The summed E-state index contributed by atoms with van der Waals surface area (Å²) in [6.45, 7) is 41.6. The van der Waals surface area contributed by atoms with Crippen LogP contribution in [-0.4, -0.2) is 20.9 Å². The number of aromatic nitrogens is 2. The zero-order valence-electron chi connectivity index (χ0n) is 60.9. The van der Waals surface area contributed by atoms with Crippen molar-refractivity contribution in [2.45, 2.75) is 196 Å². The Hall–Kier alpha value is -6.52. The number of carbonyl (C=O) groups excluding carboxylic acids is 1. The van der Waals surface area contributed by atoms with Crippen LogP contribution in [0, 0.1) is 51.5 Å². The normalized spacial score (nSPS) is 14.1. The first-order valence-electron chi connectivity index (χ1n) is 34.6. The van der Waals surface area contributed by atoms with Gasteiger partial charge in [-0.3, -0.25) is 14.8 Å². The molecule has 8 aromatic carbocycles. The van der Waals surface area contributed by atoms with Gasteiger partial charge in [0.05, 0.1) is 5.48 Å². The zero-order chi connectivity index (χ0) is 67.1. The average molecular weight is 1360 g/mol. The molecule has 0 aliphatic heterocycles. The van der Waals surface area contributed by atoms with Gasteiger partial charge in [0.2, 0.25) is 0 Å². The van der Waals surface area contributed by atoms with Gasteiger partial charge >= 0.3 is 0 Å². The molecular formula is C84H98IrN2O2-2. The quantitative estimate of drug-likeness (QED) is 0.0607. The van der Waals surface area contributed by atoms with Crippen molar-refractivity contribution in [2.75, 3.05) is 0 Å². The van der Waals surface area contributed by atoms with Crippen molar-refractivity contribution in [3.8, 4) is 22.5 Å². The Morgan fingerprint density at radius 3 is 1.36 bits per heavy atom. The van der Waals surface area contributed by atoms with E-state index < -0.39 is 0 Å². The van der Waals surface area contributed by atoms with Crippen LogP contribution in [0.3, 0.4) is 0 Å². The van der Waals surface area contributed by atoms with Crippen LogP contribution in [0.25, 0.3) is 87.1 Å². The number of aryl methyl sites for hydroxylation is 1. The summed E-state index contributed by atoms with van der Waals surface area (Å²) in [5.41, 5.74) is 15.1. The summed E-state index contributed by atoms with van der Waals surface area (Å²) in [6.07, 6.45) is 10.2. The molecule has 467 valence electrons. The van der Waals surface area contributed by atoms with Crippen LogP contribution in [0.5, 0.6) is 0 Å². The van der Waals surface area contributed by atoms with E-state index in [1.807, 2.05) is 41.5 Å². The Morgan fingerprint density at radius 2 is 0.921 bits per heavy atom. The maximum atomic E-state index is 12.2. The van der Waals surface area contributed by atoms with E-state index in [2.05, 4.69) is 193 Å². The van der Waals surface area contributed by atoms with E-state index >= 15 is 0 Å². The molecule has 0 bridgehead atoms. The molecule has 1 radical (unpaired) electrons. The minimum absolute atomic E-state index is 0. The number of aliphatic hydroxyl groups excluding tert-OH is 1. The fourth-order valence-electron chi connectivity index (χ4n) is 13.6. The second-order valence-electron chi connectivity index (χ2n) is 31.2. The molecule has 2 aliphatic rings. The molecule has 10 aromatic rings. The predicted octanol–water partition coefficient (Wildman–Crippen LogP) is 23.1. The molecule has 0 unspecified atom stereocenters. The number of ketones is 1. The van der Waals surface area contributed by atoms with Crippen LogP contribution in [-0.2, 0) is 63.4 Å². The first kappa shape index (κ1) is 61.3. The van der Waals surface area contributed by atoms with Crippen LogP contribution in [0.4, 0.5) is 0 Å². The zero-order valence-corrected chi connectivity index (χ0v) is 59.3. The van der Waals surface area contributed by atoms with Crippen LogP contribution < -0.4 is 0 Å². The Kier molecular flexibility index (Phi) is 17.4. The van der Waals surface area contributed by atoms with Crippen molar-refractivity contribution in [1.82, 2.24) is 9.97 Å². The molecule has 1 N–H and O–H groups in total. The van der Waals surface area contributed by atoms with E-state index in [9.17, 15) is 9.90 Å². The number of fused-ring (bicyclic) bond motifs is 10. The second-order valence-corrected chi connectivity index (χ2v) is 31.2. The van der Waals surface area contributed by atoms with Crippen molar-refractivity contribution >= 4 is 70.4 Å². The monoisotopic (exact) mass is 1360 g/mol. The first-order chi connectivity index (χ1) is 43.0. The van der Waals surface area contributed by atoms with Crippen molar-refractivity contribution in [1.29, 1.82) is 0 Å². The third-order valence-corrected chi connectivity index (χ3v) is 19.2. The third-order valence-electron chi connectivity index (χ3n) is 19.2. The number of hydrogen-bond acceptors (Lipinski definition) is 4. The smallest absolute Gasteiger partial charge is 0.164 e. The van der Waals surface area contributed by atoms with E-state index in [0.717, 1.165) is 130 Å². The van der Waals surface area contributed by atoms with Crippen LogP contribution >= 0.6 is 0 Å². The Balaban J connectivity index is 0.000000176. The summed E-state index contributed by atoms with van der Waals surface area (Å²) in [6, 6.07) is 40.7. The summed E-state index contributed by atoms with van der Waals surface area (Å²) >= 11 is 0. The average Bonchev–Trinajstić information content (AvgIpc) is 0.716. The minimum atomic E-state index is -0.337. The van der Waals surface area contributed by atoms with Gasteiger partial charge in [-0.05, 0) is 170 Å². The van der Waals surface area contributed by atoms with Crippen molar-refractivity contribution in [3.63, 3.8) is 0 Å². The molecule has 2 aromatic heterocycles. The number of rotatable bonds is 11. The Labute approximate surface area is 552 Å². The number of pyridine rings is 2. The molecule has 89 heavy (non-hydrogen) atoms. The third kappa shape index (κ3) is 13.7. The molecule has 0 spiro atoms. The maximum Gasteiger partial charge on any atom is 0.164 e. The van der Waals surface area contributed by atoms with Gasteiger partial charge in [-0.1, -0.05) is 231 Å². The van der Waals surface area contributed by atoms with Gasteiger partial charge in [0.15, 0.2) is 5.78 Å². The number of carbonyl (C=O) groups is 1. The van der Waals surface area contributed by atoms with Crippen molar-refractivity contribution in [2.24, 2.45) is 32.5 Å². The van der Waals surface area contributed by atoms with Gasteiger partial charge in [0.25, 0.3) is 0 Å². The van der Waals surface area contributed by atoms with Crippen LogP contribution in [0.1, 0.15) is 206 Å². The predicted molar refractivity (Wildman–Crippen MR) is 378 cm³/mol. The van der Waals surface area contributed by atoms with E-state index in [1.54, 1.807) is 0 Å². The molecule has 0 fully saturated rings. The number of hydrogen-bond donors (Lipinski definition) is 1. The van der Waals surface area contributed by atoms with Crippen LogP contribution in [0.15, 0.2) is 127 Å². The largest absolute Gasteiger partial charge is 0.512 e. The Bertz CT molecular complexity index is 4620. The van der Waals surface area contributed by atoms with E-state index in [4.69, 9.17) is 15.5 Å². The van der Waals surface area contributed by atoms with Gasteiger partial charge in [0, 0.05) is 60.7 Å². The van der Waals surface area contributed by atoms with E-state index in [-0.39, 0.29) is 88.6 Å². The van der Waals surface area contributed by atoms with Gasteiger partial charge in [-0.25, -0.2) is 0 Å². The fourth-order valence-corrected chi connectivity index (χ4v) is 13.6. The fraction of sp³-hybridized carbons (Fsp3) is 0.417. The summed E-state index contributed by atoms with van der Waals surface area (Å²) < 4.78 is 35.3. The molecule has 0 atom stereocenters. The van der Waals surface area contributed by atoms with Gasteiger partial charge < -0.3 is 5.11 Å². The first-order valence-corrected chi connectivity index (χ1v) is 32.6. The van der Waals surface area contributed by atoms with E-state index in [0.29, 0.717) is 0 Å². The number of benzene rings is 8. The summed E-state index contributed by atoms with van der Waals surface area (Å²) in [7, 11) is 0. The molecule has 0 amide bonds. The number of allylic oxidation sites excluding steroid dienone is 2. The van der Waals surface area contributed by atoms with Crippen molar-refractivity contribution in [3.05, 3.63) is 189 Å². The van der Waals surface area contributed by atoms with Gasteiger partial charge in [-0.15, -0.1) is 57.3 Å². The van der Waals surface area contributed by atoms with Gasteiger partial charge in [0.1, 0.15) is 5.76 Å². The molecule has 12 rings (SSSR count). The van der Waals surface area contributed by atoms with E-state index in [1.165, 1.54) is 77.7 Å². The molecular weight excluding hydrogens is 1260 g/mol. The summed E-state index contributed by atoms with van der Waals surface area (Å²) in [5, 5.41) is 23.2. The summed E-state index contributed by atoms with van der Waals surface area (Å²) in [4.78, 5) is 21.7. The molecule has 0 saturated carbocycles. The Morgan fingerprint density at radius 1 is 0.506 bits per heavy atom. The standard InChI is InChI=1S/C35H36N.C34H34N.C15H28O2.Ir/c1-21-11-12-25-23(15-21)16-30-29(31(25)20-35(5,6)7)18-24-17-28-22(19-34(2,3)4)9-8-10-26(28)27-13-14-36-33(30)32(24)27;1-33(2,3)19-22-11-9-13-25-26-14-15-35-32-29-16-21-10-7-8-12-24(21)30(20-34(4,5)6)28(29)18-23(31(26)32)17-27(22)25;1-7-14(5,8-2)12(16)11-13(17)15(6,9-3)10-4;/h8-15,17H,18-20H2,1-7H3;7-15,17H,18-20H2,1-6H3;11,16H,7-10H2,1-6H3;/q2*-1;;/b;;12-11-;/i13D,14D;14D,15D;;. The van der Waals surface area contributed by atoms with Gasteiger partial charge in [-0.2, -0.15) is 0 Å². The topological polar surface area (TPSA) is 63.1 Å². The molecule has 0 saturated heterocycles. The van der Waals surface area contributed by atoms with Crippen molar-refractivity contribution < 1.29 is 35.5 Å². The number of aliphatic hydroxyl groups is 1. The number of nitrogens with zero attached hydrogens (tertiary/aromatic N) is 2.